The zero-order valence-corrected chi connectivity index (χ0v) is 12.4. The van der Waals surface area contributed by atoms with Crippen molar-refractivity contribution in [1.82, 2.24) is 0 Å². The summed E-state index contributed by atoms with van der Waals surface area (Å²) < 4.78 is 22.1. The van der Waals surface area contributed by atoms with Crippen LogP contribution in [0, 0.1) is 0 Å². The third-order valence-electron chi connectivity index (χ3n) is 3.43. The molecule has 0 saturated carbocycles. The Hall–Kier alpha value is -2.43. The van der Waals surface area contributed by atoms with E-state index in [1.54, 1.807) is 13.2 Å². The fourth-order valence-corrected chi connectivity index (χ4v) is 2.50. The molecule has 0 saturated heterocycles. The Bertz CT molecular complexity index is 870. The molecular weight excluding hydrogens is 272 g/mol. The molecule has 0 radical (unpaired) electrons. The molecule has 3 aromatic rings. The molecule has 1 aromatic carbocycles. The maximum atomic E-state index is 11.4. The van der Waals surface area contributed by atoms with Gasteiger partial charge in [-0.25, -0.2) is 4.79 Å². The van der Waals surface area contributed by atoms with Gasteiger partial charge in [0.25, 0.3) is 0 Å². The number of rotatable bonds is 3. The van der Waals surface area contributed by atoms with Gasteiger partial charge in [-0.15, -0.1) is 0 Å². The van der Waals surface area contributed by atoms with E-state index in [2.05, 4.69) is 0 Å². The molecule has 0 aliphatic heterocycles. The number of fused-ring (bicyclic) bond motifs is 2. The molecular formula is C16H16O5. The summed E-state index contributed by atoms with van der Waals surface area (Å²) in [5, 5.41) is 1.56. The van der Waals surface area contributed by atoms with E-state index >= 15 is 0 Å². The first-order valence-corrected chi connectivity index (χ1v) is 6.68. The van der Waals surface area contributed by atoms with Crippen LogP contribution in [-0.2, 0) is 0 Å². The summed E-state index contributed by atoms with van der Waals surface area (Å²) in [6.07, 6.45) is 0. The van der Waals surface area contributed by atoms with E-state index in [0.29, 0.717) is 22.7 Å². The van der Waals surface area contributed by atoms with Crippen LogP contribution in [0.15, 0.2) is 31.8 Å². The second-order valence-electron chi connectivity index (χ2n) is 5.11. The van der Waals surface area contributed by atoms with Crippen molar-refractivity contribution in [2.24, 2.45) is 0 Å². The van der Waals surface area contributed by atoms with Crippen LogP contribution in [0.5, 0.6) is 11.5 Å². The standard InChI is InChI=1S/C16H16O5/c1-8(2)12-14(18-3)10-7-9-5-6-11(17)20-13(9)16(19-4)15(10)21-12/h5-8H,1-4H3. The molecule has 0 bridgehead atoms. The fraction of sp³-hybridized carbons (Fsp3) is 0.312. The highest BCUT2D eigenvalue weighted by Gasteiger charge is 2.23. The molecule has 0 N–H and O–H groups in total. The zero-order valence-electron chi connectivity index (χ0n) is 12.4. The predicted octanol–water partition coefficient (Wildman–Crippen LogP) is 3.68. The number of hydrogen-bond acceptors (Lipinski definition) is 5. The first-order chi connectivity index (χ1) is 10.1. The predicted molar refractivity (Wildman–Crippen MR) is 79.4 cm³/mol. The van der Waals surface area contributed by atoms with Crippen LogP contribution in [-0.4, -0.2) is 14.2 Å². The SMILES string of the molecule is COc1c(C(C)C)oc2c(OC)c3oc(=O)ccc3cc12. The molecule has 2 heterocycles. The Kier molecular flexibility index (Phi) is 3.12. The van der Waals surface area contributed by atoms with Gasteiger partial charge in [0.05, 0.1) is 19.6 Å². The Morgan fingerprint density at radius 1 is 1.00 bits per heavy atom. The van der Waals surface area contributed by atoms with Crippen molar-refractivity contribution in [3.63, 3.8) is 0 Å². The molecule has 5 heteroatoms. The third kappa shape index (κ3) is 1.96. The number of furan rings is 1. The molecule has 5 nitrogen and oxygen atoms in total. The fourth-order valence-electron chi connectivity index (χ4n) is 2.50. The van der Waals surface area contributed by atoms with Crippen LogP contribution < -0.4 is 15.1 Å². The van der Waals surface area contributed by atoms with Crippen molar-refractivity contribution in [2.45, 2.75) is 19.8 Å². The molecule has 2 aromatic heterocycles. The van der Waals surface area contributed by atoms with Crippen molar-refractivity contribution in [1.29, 1.82) is 0 Å². The van der Waals surface area contributed by atoms with E-state index in [-0.39, 0.29) is 5.92 Å². The van der Waals surface area contributed by atoms with E-state index in [0.717, 1.165) is 16.5 Å². The van der Waals surface area contributed by atoms with Crippen molar-refractivity contribution in [2.75, 3.05) is 14.2 Å². The second-order valence-corrected chi connectivity index (χ2v) is 5.11. The van der Waals surface area contributed by atoms with Crippen molar-refractivity contribution < 1.29 is 18.3 Å². The smallest absolute Gasteiger partial charge is 0.336 e. The molecule has 0 unspecified atom stereocenters. The van der Waals surface area contributed by atoms with E-state index in [9.17, 15) is 4.79 Å². The lowest BCUT2D eigenvalue weighted by Gasteiger charge is -2.05. The molecule has 0 amide bonds. The summed E-state index contributed by atoms with van der Waals surface area (Å²) in [5.74, 6) is 1.99. The molecule has 3 rings (SSSR count). The van der Waals surface area contributed by atoms with Crippen LogP contribution in [0.2, 0.25) is 0 Å². The molecule has 0 atom stereocenters. The molecule has 0 aliphatic rings. The molecule has 110 valence electrons. The van der Waals surface area contributed by atoms with Gasteiger partial charge < -0.3 is 18.3 Å². The van der Waals surface area contributed by atoms with Crippen molar-refractivity contribution >= 4 is 21.9 Å². The van der Waals surface area contributed by atoms with Gasteiger partial charge in [0, 0.05) is 17.4 Å². The minimum absolute atomic E-state index is 0.159. The minimum atomic E-state index is -0.428. The first-order valence-electron chi connectivity index (χ1n) is 6.68. The van der Waals surface area contributed by atoms with Crippen LogP contribution in [0.4, 0.5) is 0 Å². The van der Waals surface area contributed by atoms with Gasteiger partial charge >= 0.3 is 5.63 Å². The van der Waals surface area contributed by atoms with E-state index in [4.69, 9.17) is 18.3 Å². The minimum Gasteiger partial charge on any atom is -0.492 e. The van der Waals surface area contributed by atoms with Gasteiger partial charge in [0.15, 0.2) is 16.9 Å². The van der Waals surface area contributed by atoms with Gasteiger partial charge in [-0.3, -0.25) is 0 Å². The maximum absolute atomic E-state index is 11.4. The summed E-state index contributed by atoms with van der Waals surface area (Å²) in [6, 6.07) is 4.96. The number of methoxy groups -OCH3 is 2. The quantitative estimate of drug-likeness (QED) is 0.688. The summed E-state index contributed by atoms with van der Waals surface area (Å²) in [4.78, 5) is 11.4. The Balaban J connectivity index is 2.51. The highest BCUT2D eigenvalue weighted by atomic mass is 16.5. The zero-order chi connectivity index (χ0) is 15.1. The summed E-state index contributed by atoms with van der Waals surface area (Å²) >= 11 is 0. The van der Waals surface area contributed by atoms with Crippen LogP contribution in [0.1, 0.15) is 25.5 Å². The van der Waals surface area contributed by atoms with Gasteiger partial charge in [0.1, 0.15) is 5.76 Å². The second kappa shape index (κ2) is 4.84. The summed E-state index contributed by atoms with van der Waals surface area (Å²) in [5.41, 5.74) is 0.479. The molecule has 0 spiro atoms. The average molecular weight is 288 g/mol. The largest absolute Gasteiger partial charge is 0.492 e. The topological polar surface area (TPSA) is 61.8 Å². The van der Waals surface area contributed by atoms with E-state index in [1.165, 1.54) is 13.2 Å². The maximum Gasteiger partial charge on any atom is 0.336 e. The number of ether oxygens (including phenoxy) is 2. The van der Waals surface area contributed by atoms with Crippen LogP contribution in [0.25, 0.3) is 21.9 Å². The van der Waals surface area contributed by atoms with E-state index in [1.807, 2.05) is 19.9 Å². The van der Waals surface area contributed by atoms with Crippen LogP contribution in [0.3, 0.4) is 0 Å². The highest BCUT2D eigenvalue weighted by Crippen LogP contribution is 2.44. The van der Waals surface area contributed by atoms with Crippen LogP contribution >= 0.6 is 0 Å². The van der Waals surface area contributed by atoms with Gasteiger partial charge in [-0.2, -0.15) is 0 Å². The Morgan fingerprint density at radius 2 is 1.71 bits per heavy atom. The summed E-state index contributed by atoms with van der Waals surface area (Å²) in [6.45, 7) is 4.04. The van der Waals surface area contributed by atoms with Gasteiger partial charge in [-0.1, -0.05) is 13.8 Å². The normalized spacial score (nSPS) is 11.5. The monoisotopic (exact) mass is 288 g/mol. The van der Waals surface area contributed by atoms with Gasteiger partial charge in [-0.05, 0) is 12.1 Å². The molecule has 21 heavy (non-hydrogen) atoms. The average Bonchev–Trinajstić information content (AvgIpc) is 2.83. The lowest BCUT2D eigenvalue weighted by molar-refractivity contribution is 0.382. The van der Waals surface area contributed by atoms with Crippen molar-refractivity contribution in [3.05, 3.63) is 34.4 Å². The summed E-state index contributed by atoms with van der Waals surface area (Å²) in [7, 11) is 3.13. The molecule has 0 fully saturated rings. The van der Waals surface area contributed by atoms with Crippen molar-refractivity contribution in [3.8, 4) is 11.5 Å². The lowest BCUT2D eigenvalue weighted by atomic mass is 10.1. The Morgan fingerprint density at radius 3 is 2.33 bits per heavy atom. The van der Waals surface area contributed by atoms with E-state index < -0.39 is 5.63 Å². The highest BCUT2D eigenvalue weighted by molar-refractivity contribution is 6.03. The Labute approximate surface area is 121 Å². The first kappa shape index (κ1) is 13.5. The number of benzene rings is 1. The third-order valence-corrected chi connectivity index (χ3v) is 3.43. The lowest BCUT2D eigenvalue weighted by Crippen LogP contribution is -1.96. The van der Waals surface area contributed by atoms with Gasteiger partial charge in [0.2, 0.25) is 5.75 Å². The molecule has 0 aliphatic carbocycles. The number of hydrogen-bond donors (Lipinski definition) is 0.